The molecule has 3 nitrogen and oxygen atoms in total. The second-order valence-electron chi connectivity index (χ2n) is 4.03. The summed E-state index contributed by atoms with van der Waals surface area (Å²) in [4.78, 5) is 15.0. The molecule has 0 atom stereocenters. The van der Waals surface area contributed by atoms with Crippen molar-refractivity contribution in [1.29, 1.82) is 0 Å². The van der Waals surface area contributed by atoms with E-state index in [1.54, 1.807) is 6.33 Å². The Morgan fingerprint density at radius 2 is 2.06 bits per heavy atom. The van der Waals surface area contributed by atoms with Crippen molar-refractivity contribution in [1.82, 2.24) is 9.55 Å². The SMILES string of the molecule is Cc1ccc(-c2c(C=O)ncn2C)c(C)c1. The largest absolute Gasteiger partial charge is 0.333 e. The number of carbonyl (C=O) groups is 1. The van der Waals surface area contributed by atoms with Crippen molar-refractivity contribution >= 4 is 6.29 Å². The van der Waals surface area contributed by atoms with Gasteiger partial charge in [0.1, 0.15) is 5.69 Å². The van der Waals surface area contributed by atoms with Gasteiger partial charge in [-0.05, 0) is 19.4 Å². The first-order chi connectivity index (χ1) is 7.63. The fourth-order valence-corrected chi connectivity index (χ4v) is 1.94. The van der Waals surface area contributed by atoms with Crippen molar-refractivity contribution in [3.63, 3.8) is 0 Å². The zero-order valence-corrected chi connectivity index (χ0v) is 9.69. The van der Waals surface area contributed by atoms with E-state index in [0.29, 0.717) is 5.69 Å². The van der Waals surface area contributed by atoms with Gasteiger partial charge in [0.2, 0.25) is 0 Å². The lowest BCUT2D eigenvalue weighted by Gasteiger charge is -2.08. The molecule has 0 unspecified atom stereocenters. The van der Waals surface area contributed by atoms with Gasteiger partial charge in [0, 0.05) is 12.6 Å². The normalized spacial score (nSPS) is 10.4. The van der Waals surface area contributed by atoms with Crippen LogP contribution in [0.4, 0.5) is 0 Å². The van der Waals surface area contributed by atoms with Gasteiger partial charge in [0.05, 0.1) is 12.0 Å². The molecule has 0 aliphatic carbocycles. The lowest BCUT2D eigenvalue weighted by Crippen LogP contribution is -1.95. The molecule has 0 bridgehead atoms. The summed E-state index contributed by atoms with van der Waals surface area (Å²) < 4.78 is 1.88. The summed E-state index contributed by atoms with van der Waals surface area (Å²) in [6, 6.07) is 6.19. The maximum absolute atomic E-state index is 10.9. The Kier molecular flexibility index (Phi) is 2.60. The first-order valence-corrected chi connectivity index (χ1v) is 5.17. The minimum atomic E-state index is 0.495. The maximum atomic E-state index is 10.9. The second kappa shape index (κ2) is 3.93. The van der Waals surface area contributed by atoms with E-state index < -0.39 is 0 Å². The Bertz CT molecular complexity index is 541. The van der Waals surface area contributed by atoms with Crippen LogP contribution in [-0.2, 0) is 7.05 Å². The number of imidazole rings is 1. The molecule has 0 fully saturated rings. The van der Waals surface area contributed by atoms with Crippen LogP contribution in [0.5, 0.6) is 0 Å². The summed E-state index contributed by atoms with van der Waals surface area (Å²) in [5.41, 5.74) is 4.82. The molecule has 2 rings (SSSR count). The molecule has 0 aliphatic rings. The number of carbonyl (C=O) groups excluding carboxylic acids is 1. The van der Waals surface area contributed by atoms with Crippen LogP contribution in [0.15, 0.2) is 24.5 Å². The number of rotatable bonds is 2. The Hall–Kier alpha value is -1.90. The van der Waals surface area contributed by atoms with Crippen molar-refractivity contribution in [2.75, 3.05) is 0 Å². The van der Waals surface area contributed by atoms with Gasteiger partial charge in [-0.1, -0.05) is 23.8 Å². The third kappa shape index (κ3) is 1.65. The number of aldehydes is 1. The van der Waals surface area contributed by atoms with Gasteiger partial charge in [-0.15, -0.1) is 0 Å². The molecule has 1 aromatic heterocycles. The van der Waals surface area contributed by atoms with E-state index >= 15 is 0 Å². The maximum Gasteiger partial charge on any atom is 0.170 e. The van der Waals surface area contributed by atoms with Crippen LogP contribution in [0, 0.1) is 13.8 Å². The fraction of sp³-hybridized carbons (Fsp3) is 0.231. The van der Waals surface area contributed by atoms with Crippen LogP contribution in [-0.4, -0.2) is 15.8 Å². The minimum absolute atomic E-state index is 0.495. The molecule has 1 aromatic carbocycles. The van der Waals surface area contributed by atoms with Gasteiger partial charge in [0.25, 0.3) is 0 Å². The van der Waals surface area contributed by atoms with Crippen molar-refractivity contribution in [3.05, 3.63) is 41.3 Å². The number of hydrogen-bond acceptors (Lipinski definition) is 2. The third-order valence-corrected chi connectivity index (χ3v) is 2.71. The van der Waals surface area contributed by atoms with Crippen LogP contribution in [0.2, 0.25) is 0 Å². The third-order valence-electron chi connectivity index (χ3n) is 2.71. The molecular formula is C13H14N2O. The molecule has 0 saturated carbocycles. The molecule has 0 saturated heterocycles. The molecule has 2 aromatic rings. The standard InChI is InChI=1S/C13H14N2O/c1-9-4-5-11(10(2)6-9)13-12(7-16)14-8-15(13)3/h4-8H,1-3H3. The highest BCUT2D eigenvalue weighted by Crippen LogP contribution is 2.25. The van der Waals surface area contributed by atoms with E-state index in [1.165, 1.54) is 5.56 Å². The minimum Gasteiger partial charge on any atom is -0.333 e. The van der Waals surface area contributed by atoms with Crippen molar-refractivity contribution < 1.29 is 4.79 Å². The average molecular weight is 214 g/mol. The van der Waals surface area contributed by atoms with Gasteiger partial charge < -0.3 is 4.57 Å². The number of aromatic nitrogens is 2. The second-order valence-corrected chi connectivity index (χ2v) is 4.03. The van der Waals surface area contributed by atoms with E-state index in [4.69, 9.17) is 0 Å². The molecular weight excluding hydrogens is 200 g/mol. The van der Waals surface area contributed by atoms with Gasteiger partial charge >= 0.3 is 0 Å². The van der Waals surface area contributed by atoms with E-state index in [-0.39, 0.29) is 0 Å². The average Bonchev–Trinajstić information content (AvgIpc) is 2.60. The van der Waals surface area contributed by atoms with Gasteiger partial charge in [-0.25, -0.2) is 4.98 Å². The van der Waals surface area contributed by atoms with E-state index in [0.717, 1.165) is 23.1 Å². The van der Waals surface area contributed by atoms with Gasteiger partial charge in [-0.3, -0.25) is 4.79 Å². The molecule has 0 amide bonds. The van der Waals surface area contributed by atoms with Crippen molar-refractivity contribution in [2.45, 2.75) is 13.8 Å². The number of hydrogen-bond donors (Lipinski definition) is 0. The van der Waals surface area contributed by atoms with Crippen LogP contribution in [0.25, 0.3) is 11.3 Å². The van der Waals surface area contributed by atoms with E-state index in [9.17, 15) is 4.79 Å². The molecule has 82 valence electrons. The van der Waals surface area contributed by atoms with Crippen LogP contribution in [0.3, 0.4) is 0 Å². The summed E-state index contributed by atoms with van der Waals surface area (Å²) >= 11 is 0. The van der Waals surface area contributed by atoms with Crippen molar-refractivity contribution in [2.24, 2.45) is 7.05 Å². The molecule has 0 aliphatic heterocycles. The highest BCUT2D eigenvalue weighted by Gasteiger charge is 2.12. The summed E-state index contributed by atoms with van der Waals surface area (Å²) in [5.74, 6) is 0. The van der Waals surface area contributed by atoms with Crippen LogP contribution >= 0.6 is 0 Å². The number of aryl methyl sites for hydroxylation is 3. The monoisotopic (exact) mass is 214 g/mol. The smallest absolute Gasteiger partial charge is 0.170 e. The van der Waals surface area contributed by atoms with Crippen LogP contribution in [0.1, 0.15) is 21.6 Å². The summed E-state index contributed by atoms with van der Waals surface area (Å²) in [6.45, 7) is 4.10. The Balaban J connectivity index is 2.66. The molecule has 16 heavy (non-hydrogen) atoms. The molecule has 0 spiro atoms. The van der Waals surface area contributed by atoms with Crippen LogP contribution < -0.4 is 0 Å². The van der Waals surface area contributed by atoms with Gasteiger partial charge in [-0.2, -0.15) is 0 Å². The zero-order valence-electron chi connectivity index (χ0n) is 9.69. The molecule has 3 heteroatoms. The quantitative estimate of drug-likeness (QED) is 0.720. The predicted octanol–water partition coefficient (Wildman–Crippen LogP) is 2.52. The van der Waals surface area contributed by atoms with Crippen molar-refractivity contribution in [3.8, 4) is 11.3 Å². The predicted molar refractivity (Wildman–Crippen MR) is 63.5 cm³/mol. The Morgan fingerprint density at radius 1 is 1.31 bits per heavy atom. The zero-order chi connectivity index (χ0) is 11.7. The lowest BCUT2D eigenvalue weighted by atomic mass is 10.0. The summed E-state index contributed by atoms with van der Waals surface area (Å²) in [5, 5.41) is 0. The topological polar surface area (TPSA) is 34.9 Å². The molecule has 0 N–H and O–H groups in total. The Labute approximate surface area is 94.7 Å². The fourth-order valence-electron chi connectivity index (χ4n) is 1.94. The number of benzene rings is 1. The highest BCUT2D eigenvalue weighted by molar-refractivity contribution is 5.84. The first-order valence-electron chi connectivity index (χ1n) is 5.17. The van der Waals surface area contributed by atoms with E-state index in [1.807, 2.05) is 30.7 Å². The summed E-state index contributed by atoms with van der Waals surface area (Å²) in [7, 11) is 1.90. The highest BCUT2D eigenvalue weighted by atomic mass is 16.1. The van der Waals surface area contributed by atoms with E-state index in [2.05, 4.69) is 18.0 Å². The first kappa shape index (κ1) is 10.6. The number of nitrogens with zero attached hydrogens (tertiary/aromatic N) is 2. The van der Waals surface area contributed by atoms with Gasteiger partial charge in [0.15, 0.2) is 6.29 Å². The molecule has 1 heterocycles. The Morgan fingerprint density at radius 3 is 2.69 bits per heavy atom. The lowest BCUT2D eigenvalue weighted by molar-refractivity contribution is 0.112. The molecule has 0 radical (unpaired) electrons. The summed E-state index contributed by atoms with van der Waals surface area (Å²) in [6.07, 6.45) is 2.47.